The molecule has 34 heavy (non-hydrogen) atoms. The Labute approximate surface area is 204 Å². The van der Waals surface area contributed by atoms with E-state index in [1.54, 1.807) is 31.2 Å². The Balaban J connectivity index is 1.28. The van der Waals surface area contributed by atoms with E-state index in [1.807, 2.05) is 42.5 Å². The second-order valence-electron chi connectivity index (χ2n) is 8.10. The van der Waals surface area contributed by atoms with E-state index >= 15 is 0 Å². The number of carbonyl (C=O) groups excluding carboxylic acids is 1. The summed E-state index contributed by atoms with van der Waals surface area (Å²) < 4.78 is 18.8. The molecule has 1 saturated heterocycles. The van der Waals surface area contributed by atoms with Gasteiger partial charge in [0.05, 0.1) is 33.5 Å². The summed E-state index contributed by atoms with van der Waals surface area (Å²) in [6.45, 7) is 2.31. The highest BCUT2D eigenvalue weighted by Crippen LogP contribution is 2.38. The van der Waals surface area contributed by atoms with Crippen molar-refractivity contribution in [1.29, 1.82) is 0 Å². The standard InChI is InChI=1S/C25H29ClN4O4/c1-32-21-8-5-9-22(33-2)25(21)34-19-11-14-29(15-12-19)17-24(31)28-23-10-13-27-30(23)16-18-6-3-4-7-20(18)26/h3-10,13,19H,11-12,14-17H2,1-2H3,(H,28,31). The number of hydrogen-bond donors (Lipinski definition) is 1. The highest BCUT2D eigenvalue weighted by Gasteiger charge is 2.24. The first-order valence-electron chi connectivity index (χ1n) is 11.2. The summed E-state index contributed by atoms with van der Waals surface area (Å²) in [5.41, 5.74) is 0.942. The van der Waals surface area contributed by atoms with Crippen molar-refractivity contribution in [2.75, 3.05) is 39.2 Å². The number of rotatable bonds is 9. The molecule has 1 aliphatic rings. The molecule has 180 valence electrons. The zero-order chi connectivity index (χ0) is 23.9. The topological polar surface area (TPSA) is 77.8 Å². The van der Waals surface area contributed by atoms with Gasteiger partial charge in [-0.3, -0.25) is 9.69 Å². The van der Waals surface area contributed by atoms with Crippen LogP contribution in [0.15, 0.2) is 54.7 Å². The van der Waals surface area contributed by atoms with Crippen LogP contribution >= 0.6 is 11.6 Å². The van der Waals surface area contributed by atoms with Crippen LogP contribution in [0.4, 0.5) is 5.82 Å². The molecule has 3 aromatic rings. The van der Waals surface area contributed by atoms with Crippen molar-refractivity contribution in [2.45, 2.75) is 25.5 Å². The Morgan fingerprint density at radius 2 is 1.76 bits per heavy atom. The first-order valence-corrected chi connectivity index (χ1v) is 11.6. The molecule has 0 atom stereocenters. The quantitative estimate of drug-likeness (QED) is 0.493. The molecule has 9 heteroatoms. The zero-order valence-corrected chi connectivity index (χ0v) is 20.1. The first kappa shape index (κ1) is 23.9. The number of piperidine rings is 1. The Morgan fingerprint density at radius 1 is 1.06 bits per heavy atom. The van der Waals surface area contributed by atoms with Crippen LogP contribution in [0.25, 0.3) is 0 Å². The maximum absolute atomic E-state index is 12.7. The van der Waals surface area contributed by atoms with Gasteiger partial charge >= 0.3 is 0 Å². The van der Waals surface area contributed by atoms with Crippen LogP contribution in [-0.4, -0.2) is 60.5 Å². The number of para-hydroxylation sites is 1. The lowest BCUT2D eigenvalue weighted by Crippen LogP contribution is -2.42. The van der Waals surface area contributed by atoms with Crippen molar-refractivity contribution in [3.8, 4) is 17.2 Å². The van der Waals surface area contributed by atoms with Crippen molar-refractivity contribution in [3.05, 3.63) is 65.3 Å². The third-order valence-electron chi connectivity index (χ3n) is 5.83. The normalized spacial score (nSPS) is 14.6. The Kier molecular flexibility index (Phi) is 7.92. The highest BCUT2D eigenvalue weighted by molar-refractivity contribution is 6.31. The average molecular weight is 485 g/mol. The molecule has 1 amide bonds. The molecule has 0 unspecified atom stereocenters. The summed E-state index contributed by atoms with van der Waals surface area (Å²) in [6, 6.07) is 15.0. The van der Waals surface area contributed by atoms with E-state index in [1.165, 1.54) is 0 Å². The lowest BCUT2D eigenvalue weighted by Gasteiger charge is -2.32. The third-order valence-corrected chi connectivity index (χ3v) is 6.20. The van der Waals surface area contributed by atoms with Crippen LogP contribution in [0.1, 0.15) is 18.4 Å². The summed E-state index contributed by atoms with van der Waals surface area (Å²) in [5.74, 6) is 2.48. The van der Waals surface area contributed by atoms with Crippen molar-refractivity contribution in [2.24, 2.45) is 0 Å². The molecule has 0 saturated carbocycles. The van der Waals surface area contributed by atoms with Crippen LogP contribution in [0.5, 0.6) is 17.2 Å². The number of amides is 1. The number of nitrogens with zero attached hydrogens (tertiary/aromatic N) is 3. The smallest absolute Gasteiger partial charge is 0.239 e. The predicted octanol–water partition coefficient (Wildman–Crippen LogP) is 4.08. The van der Waals surface area contributed by atoms with E-state index < -0.39 is 0 Å². The molecule has 8 nitrogen and oxygen atoms in total. The van der Waals surface area contributed by atoms with Crippen LogP contribution in [0.2, 0.25) is 5.02 Å². The molecule has 2 aromatic carbocycles. The SMILES string of the molecule is COc1cccc(OC)c1OC1CCN(CC(=O)Nc2ccnn2Cc2ccccc2Cl)CC1. The number of methoxy groups -OCH3 is 2. The second-order valence-corrected chi connectivity index (χ2v) is 8.51. The number of likely N-dealkylation sites (tertiary alicyclic amines) is 1. The van der Waals surface area contributed by atoms with E-state index in [2.05, 4.69) is 15.3 Å². The molecule has 1 N–H and O–H groups in total. The number of aromatic nitrogens is 2. The van der Waals surface area contributed by atoms with Gasteiger partial charge in [0, 0.05) is 24.2 Å². The number of anilines is 1. The summed E-state index contributed by atoms with van der Waals surface area (Å²) in [5, 5.41) is 7.97. The minimum atomic E-state index is -0.0772. The first-order chi connectivity index (χ1) is 16.6. The van der Waals surface area contributed by atoms with Gasteiger partial charge in [0.1, 0.15) is 11.9 Å². The van der Waals surface area contributed by atoms with Crippen LogP contribution in [0, 0.1) is 0 Å². The van der Waals surface area contributed by atoms with Gasteiger partial charge in [0.25, 0.3) is 0 Å². The minimum Gasteiger partial charge on any atom is -0.493 e. The number of nitrogens with one attached hydrogen (secondary N) is 1. The number of hydrogen-bond acceptors (Lipinski definition) is 6. The Morgan fingerprint density at radius 3 is 2.44 bits per heavy atom. The molecule has 0 radical (unpaired) electrons. The van der Waals surface area contributed by atoms with Crippen LogP contribution < -0.4 is 19.5 Å². The molecule has 1 aromatic heterocycles. The van der Waals surface area contributed by atoms with Crippen molar-refractivity contribution in [3.63, 3.8) is 0 Å². The predicted molar refractivity (Wildman–Crippen MR) is 131 cm³/mol. The zero-order valence-electron chi connectivity index (χ0n) is 19.4. The molecular weight excluding hydrogens is 456 g/mol. The minimum absolute atomic E-state index is 0.0292. The molecule has 0 aliphatic carbocycles. The maximum Gasteiger partial charge on any atom is 0.239 e. The lowest BCUT2D eigenvalue weighted by atomic mass is 10.1. The lowest BCUT2D eigenvalue weighted by molar-refractivity contribution is -0.117. The largest absolute Gasteiger partial charge is 0.493 e. The van der Waals surface area contributed by atoms with Crippen molar-refractivity contribution in [1.82, 2.24) is 14.7 Å². The van der Waals surface area contributed by atoms with E-state index in [-0.39, 0.29) is 12.0 Å². The van der Waals surface area contributed by atoms with Gasteiger partial charge in [0.15, 0.2) is 11.5 Å². The average Bonchev–Trinajstić information content (AvgIpc) is 3.28. The highest BCUT2D eigenvalue weighted by atomic mass is 35.5. The number of carbonyl (C=O) groups is 1. The molecule has 0 spiro atoms. The van der Waals surface area contributed by atoms with Gasteiger partial charge in [-0.05, 0) is 36.6 Å². The van der Waals surface area contributed by atoms with Gasteiger partial charge in [-0.2, -0.15) is 5.10 Å². The van der Waals surface area contributed by atoms with E-state index in [9.17, 15) is 4.79 Å². The van der Waals surface area contributed by atoms with Crippen molar-refractivity contribution < 1.29 is 19.0 Å². The molecule has 0 bridgehead atoms. The van der Waals surface area contributed by atoms with E-state index in [4.69, 9.17) is 25.8 Å². The monoisotopic (exact) mass is 484 g/mol. The fourth-order valence-electron chi connectivity index (χ4n) is 4.02. The number of ether oxygens (including phenoxy) is 3. The summed E-state index contributed by atoms with van der Waals surface area (Å²) in [4.78, 5) is 14.8. The Bertz CT molecular complexity index is 1090. The molecule has 4 rings (SSSR count). The van der Waals surface area contributed by atoms with E-state index in [0.717, 1.165) is 31.5 Å². The molecular formula is C25H29ClN4O4. The summed E-state index contributed by atoms with van der Waals surface area (Å²) in [6.07, 6.45) is 3.31. The molecule has 2 heterocycles. The third kappa shape index (κ3) is 5.81. The number of halogens is 1. The van der Waals surface area contributed by atoms with Gasteiger partial charge in [-0.25, -0.2) is 4.68 Å². The fraction of sp³-hybridized carbons (Fsp3) is 0.360. The van der Waals surface area contributed by atoms with Gasteiger partial charge in [0.2, 0.25) is 11.7 Å². The van der Waals surface area contributed by atoms with E-state index in [0.29, 0.717) is 41.2 Å². The second kappa shape index (κ2) is 11.3. The van der Waals surface area contributed by atoms with Crippen LogP contribution in [0.3, 0.4) is 0 Å². The number of benzene rings is 2. The fourth-order valence-corrected chi connectivity index (χ4v) is 4.22. The molecule has 1 fully saturated rings. The van der Waals surface area contributed by atoms with Gasteiger partial charge in [-0.15, -0.1) is 0 Å². The maximum atomic E-state index is 12.7. The van der Waals surface area contributed by atoms with Crippen molar-refractivity contribution >= 4 is 23.3 Å². The Hall–Kier alpha value is -3.23. The van der Waals surface area contributed by atoms with Crippen LogP contribution in [-0.2, 0) is 11.3 Å². The summed E-state index contributed by atoms with van der Waals surface area (Å²) >= 11 is 6.27. The van der Waals surface area contributed by atoms with Gasteiger partial charge in [-0.1, -0.05) is 35.9 Å². The van der Waals surface area contributed by atoms with Gasteiger partial charge < -0.3 is 19.5 Å². The molecule has 1 aliphatic heterocycles. The summed E-state index contributed by atoms with van der Waals surface area (Å²) in [7, 11) is 3.23.